The third-order valence-electron chi connectivity index (χ3n) is 3.74. The van der Waals surface area contributed by atoms with Crippen molar-refractivity contribution in [2.75, 3.05) is 18.0 Å². The van der Waals surface area contributed by atoms with Gasteiger partial charge in [-0.3, -0.25) is 0 Å². The van der Waals surface area contributed by atoms with Crippen molar-refractivity contribution in [1.29, 1.82) is 0 Å². The van der Waals surface area contributed by atoms with Gasteiger partial charge in [-0.25, -0.2) is 4.98 Å². The maximum Gasteiger partial charge on any atom is 0.128 e. The Morgan fingerprint density at radius 2 is 1.95 bits per heavy atom. The van der Waals surface area contributed by atoms with Gasteiger partial charge in [0.15, 0.2) is 0 Å². The summed E-state index contributed by atoms with van der Waals surface area (Å²) in [5.41, 5.74) is 7.26. The van der Waals surface area contributed by atoms with Crippen molar-refractivity contribution in [3.63, 3.8) is 0 Å². The topological polar surface area (TPSA) is 54.2 Å². The Bertz CT molecular complexity index is 422. The molecule has 1 saturated heterocycles. The monoisotopic (exact) mass is 276 g/mol. The molecular weight excluding hydrogens is 248 g/mol. The summed E-state index contributed by atoms with van der Waals surface area (Å²) in [5, 5.41) is 3.55. The molecule has 1 aromatic rings. The van der Waals surface area contributed by atoms with Crippen molar-refractivity contribution < 1.29 is 0 Å². The second kappa shape index (κ2) is 6.55. The van der Waals surface area contributed by atoms with E-state index in [9.17, 15) is 0 Å². The lowest BCUT2D eigenvalue weighted by molar-refractivity contribution is 0.404. The molecule has 20 heavy (non-hydrogen) atoms. The minimum Gasteiger partial charge on any atom is -0.354 e. The molecule has 0 saturated carbocycles. The fourth-order valence-corrected chi connectivity index (χ4v) is 2.96. The van der Waals surface area contributed by atoms with Crippen LogP contribution in [0, 0.1) is 5.92 Å². The largest absolute Gasteiger partial charge is 0.354 e. The molecule has 4 heteroatoms. The van der Waals surface area contributed by atoms with Crippen LogP contribution in [0.3, 0.4) is 0 Å². The normalized spacial score (nSPS) is 25.0. The molecular formula is C16H28N4. The first-order valence-electron chi connectivity index (χ1n) is 7.69. The van der Waals surface area contributed by atoms with E-state index in [4.69, 9.17) is 10.7 Å². The molecule has 1 aliphatic heterocycles. The molecule has 0 aliphatic carbocycles. The highest BCUT2D eigenvalue weighted by Gasteiger charge is 2.22. The average molecular weight is 276 g/mol. The zero-order valence-electron chi connectivity index (χ0n) is 13.1. The summed E-state index contributed by atoms with van der Waals surface area (Å²) in [6.07, 6.45) is 0.977. The third-order valence-corrected chi connectivity index (χ3v) is 3.74. The first-order valence-corrected chi connectivity index (χ1v) is 7.69. The highest BCUT2D eigenvalue weighted by molar-refractivity contribution is 5.41. The van der Waals surface area contributed by atoms with Gasteiger partial charge in [-0.15, -0.1) is 0 Å². The van der Waals surface area contributed by atoms with Gasteiger partial charge < -0.3 is 16.0 Å². The summed E-state index contributed by atoms with van der Waals surface area (Å²) in [6, 6.07) is 7.24. The number of rotatable bonds is 4. The van der Waals surface area contributed by atoms with Crippen LogP contribution in [0.5, 0.6) is 0 Å². The van der Waals surface area contributed by atoms with E-state index >= 15 is 0 Å². The summed E-state index contributed by atoms with van der Waals surface area (Å²) in [6.45, 7) is 10.8. The van der Waals surface area contributed by atoms with Crippen LogP contribution in [0.2, 0.25) is 0 Å². The molecule has 3 N–H and O–H groups in total. The van der Waals surface area contributed by atoms with E-state index in [-0.39, 0.29) is 6.04 Å². The standard InChI is InChI=1S/C16H28N4/c1-11(2)8-14(17)15-6-5-7-16(19-15)20-9-12(3)18-13(4)10-20/h5-7,11-14,18H,8-10,17H2,1-4H3/t12-,13+,14-/m0/s1. The van der Waals surface area contributed by atoms with Crippen LogP contribution < -0.4 is 16.0 Å². The Morgan fingerprint density at radius 1 is 1.30 bits per heavy atom. The zero-order valence-corrected chi connectivity index (χ0v) is 13.1. The van der Waals surface area contributed by atoms with Crippen LogP contribution in [0.15, 0.2) is 18.2 Å². The number of hydrogen-bond acceptors (Lipinski definition) is 4. The van der Waals surface area contributed by atoms with Crippen LogP contribution in [0.25, 0.3) is 0 Å². The fraction of sp³-hybridized carbons (Fsp3) is 0.688. The number of anilines is 1. The average Bonchev–Trinajstić information content (AvgIpc) is 2.37. The Hall–Kier alpha value is -1.13. The molecule has 2 heterocycles. The van der Waals surface area contributed by atoms with Crippen LogP contribution >= 0.6 is 0 Å². The number of nitrogens with two attached hydrogens (primary N) is 1. The van der Waals surface area contributed by atoms with E-state index < -0.39 is 0 Å². The molecule has 0 spiro atoms. The minimum atomic E-state index is 0.0349. The Labute approximate surface area is 122 Å². The number of piperazine rings is 1. The van der Waals surface area contributed by atoms with Crippen molar-refractivity contribution in [2.24, 2.45) is 11.7 Å². The van der Waals surface area contributed by atoms with Crippen LogP contribution in [-0.4, -0.2) is 30.2 Å². The fourth-order valence-electron chi connectivity index (χ4n) is 2.96. The second-order valence-electron chi connectivity index (χ2n) is 6.53. The third kappa shape index (κ3) is 3.93. The van der Waals surface area contributed by atoms with E-state index in [1.54, 1.807) is 0 Å². The second-order valence-corrected chi connectivity index (χ2v) is 6.53. The molecule has 1 fully saturated rings. The summed E-state index contributed by atoms with van der Waals surface area (Å²) in [7, 11) is 0. The molecule has 0 aromatic carbocycles. The summed E-state index contributed by atoms with van der Waals surface area (Å²) >= 11 is 0. The van der Waals surface area contributed by atoms with Gasteiger partial charge in [0.25, 0.3) is 0 Å². The minimum absolute atomic E-state index is 0.0349. The lowest BCUT2D eigenvalue weighted by Gasteiger charge is -2.37. The molecule has 1 aliphatic rings. The number of hydrogen-bond donors (Lipinski definition) is 2. The zero-order chi connectivity index (χ0) is 14.7. The van der Waals surface area contributed by atoms with Gasteiger partial charge in [0.2, 0.25) is 0 Å². The van der Waals surface area contributed by atoms with Crippen molar-refractivity contribution >= 4 is 5.82 Å². The maximum atomic E-state index is 6.26. The highest BCUT2D eigenvalue weighted by Crippen LogP contribution is 2.21. The molecule has 3 atom stereocenters. The van der Waals surface area contributed by atoms with Crippen LogP contribution in [0.4, 0.5) is 5.82 Å². The quantitative estimate of drug-likeness (QED) is 0.886. The number of nitrogens with zero attached hydrogens (tertiary/aromatic N) is 2. The molecule has 4 nitrogen and oxygen atoms in total. The van der Waals surface area contributed by atoms with Crippen LogP contribution in [-0.2, 0) is 0 Å². The predicted molar refractivity (Wildman–Crippen MR) is 84.9 cm³/mol. The molecule has 0 amide bonds. The van der Waals surface area contributed by atoms with E-state index in [0.29, 0.717) is 18.0 Å². The molecule has 112 valence electrons. The summed E-state index contributed by atoms with van der Waals surface area (Å²) in [4.78, 5) is 7.15. The van der Waals surface area contributed by atoms with Crippen molar-refractivity contribution in [1.82, 2.24) is 10.3 Å². The van der Waals surface area contributed by atoms with Gasteiger partial charge in [-0.2, -0.15) is 0 Å². The van der Waals surface area contributed by atoms with E-state index in [0.717, 1.165) is 31.0 Å². The van der Waals surface area contributed by atoms with Crippen molar-refractivity contribution in [3.8, 4) is 0 Å². The van der Waals surface area contributed by atoms with Gasteiger partial charge in [-0.1, -0.05) is 19.9 Å². The van der Waals surface area contributed by atoms with Gasteiger partial charge >= 0.3 is 0 Å². The van der Waals surface area contributed by atoms with Gasteiger partial charge in [0.1, 0.15) is 5.82 Å². The molecule has 0 radical (unpaired) electrons. The Morgan fingerprint density at radius 3 is 2.55 bits per heavy atom. The van der Waals surface area contributed by atoms with Gasteiger partial charge in [-0.05, 0) is 38.3 Å². The van der Waals surface area contributed by atoms with Crippen LogP contribution in [0.1, 0.15) is 45.9 Å². The van der Waals surface area contributed by atoms with E-state index in [1.807, 2.05) is 6.07 Å². The Balaban J connectivity index is 2.12. The SMILES string of the molecule is CC(C)C[C@H](N)c1cccc(N2C[C@@H](C)N[C@@H](C)C2)n1. The molecule has 0 bridgehead atoms. The van der Waals surface area contributed by atoms with Gasteiger partial charge in [0, 0.05) is 31.2 Å². The molecule has 1 aromatic heterocycles. The van der Waals surface area contributed by atoms with Crippen molar-refractivity contribution in [3.05, 3.63) is 23.9 Å². The maximum absolute atomic E-state index is 6.26. The number of nitrogens with one attached hydrogen (secondary N) is 1. The summed E-state index contributed by atoms with van der Waals surface area (Å²) in [5.74, 6) is 1.65. The van der Waals surface area contributed by atoms with Gasteiger partial charge in [0.05, 0.1) is 5.69 Å². The number of pyridine rings is 1. The van der Waals surface area contributed by atoms with E-state index in [2.05, 4.69) is 50.0 Å². The highest BCUT2D eigenvalue weighted by atomic mass is 15.3. The first kappa shape index (κ1) is 15.3. The lowest BCUT2D eigenvalue weighted by Crippen LogP contribution is -2.54. The van der Waals surface area contributed by atoms with Crippen molar-refractivity contribution in [2.45, 2.75) is 52.2 Å². The smallest absolute Gasteiger partial charge is 0.128 e. The summed E-state index contributed by atoms with van der Waals surface area (Å²) < 4.78 is 0. The lowest BCUT2D eigenvalue weighted by atomic mass is 10.0. The first-order chi connectivity index (χ1) is 9.45. The Kier molecular flexibility index (Phi) is 5.00. The van der Waals surface area contributed by atoms with E-state index in [1.165, 1.54) is 0 Å². The molecule has 2 rings (SSSR count). The number of aromatic nitrogens is 1. The predicted octanol–water partition coefficient (Wildman–Crippen LogP) is 2.31. The molecule has 0 unspecified atom stereocenters.